The van der Waals surface area contributed by atoms with Crippen LogP contribution < -0.4 is 4.72 Å². The predicted octanol–water partition coefficient (Wildman–Crippen LogP) is 3.71. The first-order chi connectivity index (χ1) is 9.76. The summed E-state index contributed by atoms with van der Waals surface area (Å²) in [5.41, 5.74) is 1.35. The summed E-state index contributed by atoms with van der Waals surface area (Å²) in [5.74, 6) is -0.176. The Kier molecular flexibility index (Phi) is 4.70. The summed E-state index contributed by atoms with van der Waals surface area (Å²) in [4.78, 5) is 12.4. The van der Waals surface area contributed by atoms with Crippen LogP contribution in [-0.4, -0.2) is 20.5 Å². The third kappa shape index (κ3) is 4.30. The summed E-state index contributed by atoms with van der Waals surface area (Å²) in [6.07, 6.45) is 1.07. The molecule has 0 saturated heterocycles. The fraction of sp³-hybridized carbons (Fsp3) is 0.0714. The SMILES string of the molecule is CS(=O)(=O)Nc1ccc(C(=O)c2ccc(Cl)cc2Br)cc1. The lowest BCUT2D eigenvalue weighted by Crippen LogP contribution is -2.09. The Labute approximate surface area is 136 Å². The van der Waals surface area contributed by atoms with Crippen LogP contribution >= 0.6 is 27.5 Å². The molecule has 1 N–H and O–H groups in total. The van der Waals surface area contributed by atoms with E-state index in [0.29, 0.717) is 26.3 Å². The average Bonchev–Trinajstić information content (AvgIpc) is 2.37. The van der Waals surface area contributed by atoms with Crippen molar-refractivity contribution in [1.29, 1.82) is 0 Å². The van der Waals surface area contributed by atoms with Gasteiger partial charge in [0.1, 0.15) is 0 Å². The van der Waals surface area contributed by atoms with E-state index in [1.165, 1.54) is 12.1 Å². The molecule has 0 aromatic heterocycles. The molecule has 4 nitrogen and oxygen atoms in total. The molecule has 21 heavy (non-hydrogen) atoms. The van der Waals surface area contributed by atoms with Gasteiger partial charge < -0.3 is 0 Å². The van der Waals surface area contributed by atoms with Crippen molar-refractivity contribution in [3.63, 3.8) is 0 Å². The van der Waals surface area contributed by atoms with Gasteiger partial charge in [-0.05, 0) is 58.4 Å². The van der Waals surface area contributed by atoms with Crippen molar-refractivity contribution in [2.75, 3.05) is 11.0 Å². The Morgan fingerprint density at radius 2 is 1.76 bits per heavy atom. The van der Waals surface area contributed by atoms with Gasteiger partial charge in [-0.1, -0.05) is 11.6 Å². The second kappa shape index (κ2) is 6.17. The fourth-order valence-electron chi connectivity index (χ4n) is 1.73. The van der Waals surface area contributed by atoms with Gasteiger partial charge in [-0.15, -0.1) is 0 Å². The van der Waals surface area contributed by atoms with Crippen LogP contribution in [0.3, 0.4) is 0 Å². The van der Waals surface area contributed by atoms with Gasteiger partial charge in [-0.25, -0.2) is 8.42 Å². The van der Waals surface area contributed by atoms with Crippen LogP contribution in [0.2, 0.25) is 5.02 Å². The molecule has 110 valence electrons. The monoisotopic (exact) mass is 387 g/mol. The van der Waals surface area contributed by atoms with Crippen LogP contribution in [-0.2, 0) is 10.0 Å². The van der Waals surface area contributed by atoms with Gasteiger partial charge in [-0.3, -0.25) is 9.52 Å². The number of benzene rings is 2. The van der Waals surface area contributed by atoms with Crippen molar-refractivity contribution < 1.29 is 13.2 Å². The van der Waals surface area contributed by atoms with E-state index in [2.05, 4.69) is 20.7 Å². The number of rotatable bonds is 4. The second-order valence-corrected chi connectivity index (χ2v) is 7.44. The topological polar surface area (TPSA) is 63.2 Å². The molecule has 0 aliphatic heterocycles. The Morgan fingerprint density at radius 3 is 2.29 bits per heavy atom. The van der Waals surface area contributed by atoms with Crippen LogP contribution in [0.4, 0.5) is 5.69 Å². The molecule has 0 heterocycles. The summed E-state index contributed by atoms with van der Waals surface area (Å²) < 4.78 is 25.2. The van der Waals surface area contributed by atoms with Gasteiger partial charge in [0.15, 0.2) is 5.78 Å². The van der Waals surface area contributed by atoms with E-state index in [1.807, 2.05) is 0 Å². The van der Waals surface area contributed by atoms with Gasteiger partial charge in [0, 0.05) is 26.3 Å². The molecule has 0 bridgehead atoms. The lowest BCUT2D eigenvalue weighted by Gasteiger charge is -2.07. The number of carbonyl (C=O) groups is 1. The van der Waals surface area contributed by atoms with Gasteiger partial charge in [0.2, 0.25) is 10.0 Å². The highest BCUT2D eigenvalue weighted by atomic mass is 79.9. The minimum Gasteiger partial charge on any atom is -0.289 e. The molecule has 0 aliphatic rings. The van der Waals surface area contributed by atoms with Crippen LogP contribution in [0.5, 0.6) is 0 Å². The van der Waals surface area contributed by atoms with Crippen LogP contribution in [0.25, 0.3) is 0 Å². The Bertz CT molecular complexity index is 788. The maximum absolute atomic E-state index is 12.4. The van der Waals surface area contributed by atoms with Gasteiger partial charge in [0.25, 0.3) is 0 Å². The Hall–Kier alpha value is -1.37. The number of ketones is 1. The number of hydrogen-bond donors (Lipinski definition) is 1. The fourth-order valence-corrected chi connectivity index (χ4v) is 3.16. The molecule has 0 radical (unpaired) electrons. The summed E-state index contributed by atoms with van der Waals surface area (Å²) >= 11 is 9.15. The zero-order valence-corrected chi connectivity index (χ0v) is 14.1. The maximum atomic E-state index is 12.4. The number of carbonyl (C=O) groups excluding carboxylic acids is 1. The molecule has 0 amide bonds. The van der Waals surface area contributed by atoms with E-state index >= 15 is 0 Å². The maximum Gasteiger partial charge on any atom is 0.229 e. The van der Waals surface area contributed by atoms with Crippen molar-refractivity contribution in [3.8, 4) is 0 Å². The largest absolute Gasteiger partial charge is 0.289 e. The van der Waals surface area contributed by atoms with Gasteiger partial charge in [-0.2, -0.15) is 0 Å². The first kappa shape index (κ1) is 16.0. The third-order valence-corrected chi connectivity index (χ3v) is 4.12. The minimum atomic E-state index is -3.33. The molecule has 0 unspecified atom stereocenters. The molecular formula is C14H11BrClNO3S. The van der Waals surface area contributed by atoms with E-state index in [0.717, 1.165) is 6.26 Å². The Balaban J connectivity index is 2.28. The molecule has 2 aromatic carbocycles. The standard InChI is InChI=1S/C14H11BrClNO3S/c1-21(19,20)17-11-5-2-9(3-6-11)14(18)12-7-4-10(16)8-13(12)15/h2-8,17H,1H3. The molecule has 7 heteroatoms. The second-order valence-electron chi connectivity index (χ2n) is 4.40. The van der Waals surface area contributed by atoms with Crippen LogP contribution in [0, 0.1) is 0 Å². The molecule has 0 fully saturated rings. The third-order valence-electron chi connectivity index (χ3n) is 2.63. The van der Waals surface area contributed by atoms with Crippen LogP contribution in [0.1, 0.15) is 15.9 Å². The summed E-state index contributed by atoms with van der Waals surface area (Å²) in [6.45, 7) is 0. The van der Waals surface area contributed by atoms with E-state index < -0.39 is 10.0 Å². The minimum absolute atomic E-state index is 0.176. The van der Waals surface area contributed by atoms with Gasteiger partial charge in [0.05, 0.1) is 6.26 Å². The van der Waals surface area contributed by atoms with E-state index in [-0.39, 0.29) is 5.78 Å². The van der Waals surface area contributed by atoms with E-state index in [4.69, 9.17) is 11.6 Å². The molecule has 0 spiro atoms. The molecule has 2 rings (SSSR count). The number of nitrogens with one attached hydrogen (secondary N) is 1. The summed E-state index contributed by atoms with van der Waals surface area (Å²) in [7, 11) is -3.33. The lowest BCUT2D eigenvalue weighted by molar-refractivity contribution is 0.103. The number of halogens is 2. The van der Waals surface area contributed by atoms with Gasteiger partial charge >= 0.3 is 0 Å². The predicted molar refractivity (Wildman–Crippen MR) is 87.5 cm³/mol. The summed E-state index contributed by atoms with van der Waals surface area (Å²) in [5, 5.41) is 0.533. The number of anilines is 1. The first-order valence-corrected chi connectivity index (χ1v) is 8.90. The molecule has 0 aliphatic carbocycles. The van der Waals surface area contributed by atoms with Crippen molar-refractivity contribution in [2.45, 2.75) is 0 Å². The number of hydrogen-bond acceptors (Lipinski definition) is 3. The zero-order valence-electron chi connectivity index (χ0n) is 10.9. The van der Waals surface area contributed by atoms with Crippen LogP contribution in [0.15, 0.2) is 46.9 Å². The Morgan fingerprint density at radius 1 is 1.14 bits per heavy atom. The molecule has 0 atom stereocenters. The van der Waals surface area contributed by atoms with Crippen molar-refractivity contribution in [2.24, 2.45) is 0 Å². The molecule has 0 saturated carbocycles. The average molecular weight is 389 g/mol. The van der Waals surface area contributed by atoms with E-state index in [9.17, 15) is 13.2 Å². The molecular weight excluding hydrogens is 378 g/mol. The van der Waals surface area contributed by atoms with Crippen molar-refractivity contribution in [1.82, 2.24) is 0 Å². The highest BCUT2D eigenvalue weighted by Crippen LogP contribution is 2.24. The van der Waals surface area contributed by atoms with E-state index in [1.54, 1.807) is 30.3 Å². The highest BCUT2D eigenvalue weighted by molar-refractivity contribution is 9.10. The summed E-state index contributed by atoms with van der Waals surface area (Å²) in [6, 6.07) is 11.1. The van der Waals surface area contributed by atoms with Crippen molar-refractivity contribution >= 4 is 49.0 Å². The molecule has 2 aromatic rings. The number of sulfonamides is 1. The normalized spacial score (nSPS) is 11.2. The lowest BCUT2D eigenvalue weighted by atomic mass is 10.0. The zero-order chi connectivity index (χ0) is 15.6. The quantitative estimate of drug-likeness (QED) is 0.812. The smallest absolute Gasteiger partial charge is 0.229 e. The van der Waals surface area contributed by atoms with Crippen molar-refractivity contribution in [3.05, 3.63) is 63.1 Å². The highest BCUT2D eigenvalue weighted by Gasteiger charge is 2.13. The first-order valence-electron chi connectivity index (χ1n) is 5.84.